The minimum Gasteiger partial charge on any atom is -0.312 e. The number of fused-ring (bicyclic) bond motifs is 1. The van der Waals surface area contributed by atoms with Crippen molar-refractivity contribution in [2.24, 2.45) is 0 Å². The van der Waals surface area contributed by atoms with Crippen molar-refractivity contribution in [2.45, 2.75) is 39.2 Å². The van der Waals surface area contributed by atoms with Gasteiger partial charge in [0.05, 0.1) is 0 Å². The van der Waals surface area contributed by atoms with Crippen LogP contribution in [0.1, 0.15) is 42.0 Å². The summed E-state index contributed by atoms with van der Waals surface area (Å²) in [5, 5.41) is 3.45. The van der Waals surface area contributed by atoms with E-state index in [9.17, 15) is 0 Å². The van der Waals surface area contributed by atoms with E-state index >= 15 is 0 Å². The Hall–Kier alpha value is -1.08. The minimum absolute atomic E-state index is 0.607. The molecule has 1 nitrogen and oxygen atoms in total. The zero-order valence-corrected chi connectivity index (χ0v) is 10.3. The van der Waals surface area contributed by atoms with Crippen LogP contribution in [0.5, 0.6) is 0 Å². The van der Waals surface area contributed by atoms with Crippen LogP contribution in [0.2, 0.25) is 0 Å². The Morgan fingerprint density at radius 1 is 1.44 bits per heavy atom. The van der Waals surface area contributed by atoms with Gasteiger partial charge in [0.2, 0.25) is 0 Å². The Morgan fingerprint density at radius 3 is 2.94 bits per heavy atom. The highest BCUT2D eigenvalue weighted by molar-refractivity contribution is 5.42. The van der Waals surface area contributed by atoms with Gasteiger partial charge in [-0.05, 0) is 47.6 Å². The maximum Gasteiger partial charge on any atom is 0.0208 e. The number of benzene rings is 1. The first-order chi connectivity index (χ1) is 7.72. The summed E-state index contributed by atoms with van der Waals surface area (Å²) in [6.45, 7) is 10.5. The second kappa shape index (κ2) is 4.84. The second-order valence-corrected chi connectivity index (χ2v) is 4.89. The Labute approximate surface area is 98.6 Å². The summed E-state index contributed by atoms with van der Waals surface area (Å²) in [6.07, 6.45) is 4.18. The fourth-order valence-electron chi connectivity index (χ4n) is 2.41. The average Bonchev–Trinajstić information content (AvgIpc) is 2.29. The molecule has 2 rings (SSSR count). The van der Waals surface area contributed by atoms with Crippen LogP contribution in [-0.2, 0) is 19.4 Å². The molecule has 0 atom stereocenters. The lowest BCUT2D eigenvalue weighted by Gasteiger charge is -2.22. The molecule has 1 heteroatoms. The second-order valence-electron chi connectivity index (χ2n) is 4.89. The Bertz CT molecular complexity index is 391. The predicted molar refractivity (Wildman–Crippen MR) is 69.8 cm³/mol. The first-order valence-corrected chi connectivity index (χ1v) is 6.18. The lowest BCUT2D eigenvalue weighted by Crippen LogP contribution is -2.25. The van der Waals surface area contributed by atoms with E-state index in [1.54, 1.807) is 5.56 Å². The van der Waals surface area contributed by atoms with Gasteiger partial charge < -0.3 is 5.32 Å². The summed E-state index contributed by atoms with van der Waals surface area (Å²) in [6, 6.07) is 4.75. The van der Waals surface area contributed by atoms with E-state index in [1.807, 2.05) is 6.08 Å². The zero-order chi connectivity index (χ0) is 11.5. The van der Waals surface area contributed by atoms with E-state index in [-0.39, 0.29) is 0 Å². The van der Waals surface area contributed by atoms with E-state index in [2.05, 4.69) is 37.9 Å². The highest BCUT2D eigenvalue weighted by atomic mass is 14.9. The molecule has 0 amide bonds. The molecule has 1 aromatic carbocycles. The van der Waals surface area contributed by atoms with Gasteiger partial charge in [0.1, 0.15) is 0 Å². The number of hydrogen-bond donors (Lipinski definition) is 1. The Balaban J connectivity index is 2.47. The smallest absolute Gasteiger partial charge is 0.0208 e. The lowest BCUT2D eigenvalue weighted by molar-refractivity contribution is 0.637. The van der Waals surface area contributed by atoms with Gasteiger partial charge in [-0.25, -0.2) is 0 Å². The summed E-state index contributed by atoms with van der Waals surface area (Å²) < 4.78 is 0. The quantitative estimate of drug-likeness (QED) is 0.764. The maximum atomic E-state index is 3.86. The van der Waals surface area contributed by atoms with Gasteiger partial charge in [0.15, 0.2) is 0 Å². The van der Waals surface area contributed by atoms with Gasteiger partial charge in [-0.3, -0.25) is 0 Å². The van der Waals surface area contributed by atoms with Crippen LogP contribution in [-0.4, -0.2) is 6.54 Å². The van der Waals surface area contributed by atoms with Gasteiger partial charge in [-0.2, -0.15) is 0 Å². The largest absolute Gasteiger partial charge is 0.312 e. The molecule has 86 valence electrons. The van der Waals surface area contributed by atoms with Crippen LogP contribution in [0.25, 0.3) is 0 Å². The third-order valence-corrected chi connectivity index (χ3v) is 3.36. The van der Waals surface area contributed by atoms with Gasteiger partial charge in [0.25, 0.3) is 0 Å². The molecule has 0 spiro atoms. The van der Waals surface area contributed by atoms with Crippen molar-refractivity contribution < 1.29 is 0 Å². The summed E-state index contributed by atoms with van der Waals surface area (Å²) in [4.78, 5) is 0. The molecule has 1 aromatic rings. The summed E-state index contributed by atoms with van der Waals surface area (Å²) in [5.74, 6) is 0.607. The van der Waals surface area contributed by atoms with Crippen LogP contribution < -0.4 is 5.32 Å². The van der Waals surface area contributed by atoms with E-state index in [0.29, 0.717) is 5.92 Å². The number of nitrogens with one attached hydrogen (secondary N) is 1. The first kappa shape index (κ1) is 11.4. The Morgan fingerprint density at radius 2 is 2.25 bits per heavy atom. The van der Waals surface area contributed by atoms with Gasteiger partial charge in [0, 0.05) is 6.54 Å². The maximum absolute atomic E-state index is 3.86. The van der Waals surface area contributed by atoms with E-state index in [4.69, 9.17) is 0 Å². The molecule has 1 aliphatic heterocycles. The molecule has 1 aliphatic rings. The fraction of sp³-hybridized carbons (Fsp3) is 0.467. The zero-order valence-electron chi connectivity index (χ0n) is 10.3. The molecule has 1 heterocycles. The number of rotatable bonds is 3. The topological polar surface area (TPSA) is 12.0 Å². The van der Waals surface area contributed by atoms with Crippen molar-refractivity contribution in [3.05, 3.63) is 47.0 Å². The number of hydrogen-bond acceptors (Lipinski definition) is 1. The van der Waals surface area contributed by atoms with Crippen LogP contribution in [0, 0.1) is 0 Å². The van der Waals surface area contributed by atoms with Gasteiger partial charge in [-0.1, -0.05) is 32.1 Å². The van der Waals surface area contributed by atoms with Crippen molar-refractivity contribution in [1.82, 2.24) is 5.32 Å². The molecule has 16 heavy (non-hydrogen) atoms. The Kier molecular flexibility index (Phi) is 3.45. The lowest BCUT2D eigenvalue weighted by atomic mass is 9.88. The molecule has 0 radical (unpaired) electrons. The average molecular weight is 215 g/mol. The molecule has 0 saturated carbocycles. The molecule has 0 aliphatic carbocycles. The summed E-state index contributed by atoms with van der Waals surface area (Å²) in [7, 11) is 0. The predicted octanol–water partition coefficient (Wildman–Crippen LogP) is 3.18. The molecule has 0 aromatic heterocycles. The van der Waals surface area contributed by atoms with Crippen molar-refractivity contribution >= 4 is 0 Å². The van der Waals surface area contributed by atoms with Crippen molar-refractivity contribution in [3.8, 4) is 0 Å². The number of allylic oxidation sites excluding steroid dienone is 1. The van der Waals surface area contributed by atoms with Crippen molar-refractivity contribution in [2.75, 3.05) is 6.54 Å². The van der Waals surface area contributed by atoms with Gasteiger partial charge >= 0.3 is 0 Å². The third-order valence-electron chi connectivity index (χ3n) is 3.36. The third kappa shape index (κ3) is 2.19. The summed E-state index contributed by atoms with van der Waals surface area (Å²) in [5.41, 5.74) is 5.99. The van der Waals surface area contributed by atoms with E-state index in [0.717, 1.165) is 25.9 Å². The van der Waals surface area contributed by atoms with Crippen LogP contribution in [0.3, 0.4) is 0 Å². The highest BCUT2D eigenvalue weighted by Gasteiger charge is 2.14. The molecule has 0 bridgehead atoms. The minimum atomic E-state index is 0.607. The first-order valence-electron chi connectivity index (χ1n) is 6.18. The molecule has 1 N–H and O–H groups in total. The molecule has 0 fully saturated rings. The highest BCUT2D eigenvalue weighted by Crippen LogP contribution is 2.25. The van der Waals surface area contributed by atoms with Crippen LogP contribution in [0.4, 0.5) is 0 Å². The molecular weight excluding hydrogens is 194 g/mol. The van der Waals surface area contributed by atoms with Crippen LogP contribution >= 0.6 is 0 Å². The monoisotopic (exact) mass is 215 g/mol. The van der Waals surface area contributed by atoms with E-state index in [1.165, 1.54) is 16.7 Å². The van der Waals surface area contributed by atoms with Crippen LogP contribution in [0.15, 0.2) is 24.8 Å². The van der Waals surface area contributed by atoms with Crippen molar-refractivity contribution in [1.29, 1.82) is 0 Å². The summed E-state index contributed by atoms with van der Waals surface area (Å²) >= 11 is 0. The molecule has 0 unspecified atom stereocenters. The SMILES string of the molecule is C=CCc1cc(C(C)C)cc2c1CCNC2. The fourth-order valence-corrected chi connectivity index (χ4v) is 2.41. The van der Waals surface area contributed by atoms with E-state index < -0.39 is 0 Å². The molecular formula is C15H21N. The van der Waals surface area contributed by atoms with Crippen molar-refractivity contribution in [3.63, 3.8) is 0 Å². The standard InChI is InChI=1S/C15H21N/c1-4-5-12-8-13(11(2)3)9-14-10-16-7-6-15(12)14/h4,8-9,11,16H,1,5-7,10H2,2-3H3. The van der Waals surface area contributed by atoms with Gasteiger partial charge in [-0.15, -0.1) is 6.58 Å². The normalized spacial score (nSPS) is 14.9. The molecule has 0 saturated heterocycles.